The van der Waals surface area contributed by atoms with Crippen LogP contribution in [0.1, 0.15) is 18.5 Å². The van der Waals surface area contributed by atoms with Gasteiger partial charge in [-0.15, -0.1) is 0 Å². The van der Waals surface area contributed by atoms with Crippen LogP contribution >= 0.6 is 0 Å². The lowest BCUT2D eigenvalue weighted by molar-refractivity contribution is -0.124. The molecule has 2 atom stereocenters. The maximum Gasteiger partial charge on any atom is 0.236 e. The number of phenolic OH excluding ortho intramolecular Hbond substituents is 1. The molecule has 0 aliphatic carbocycles. The van der Waals surface area contributed by atoms with E-state index in [-0.39, 0.29) is 23.7 Å². The quantitative estimate of drug-likeness (QED) is 0.715. The summed E-state index contributed by atoms with van der Waals surface area (Å²) >= 11 is 0. The predicted molar refractivity (Wildman–Crippen MR) is 69.1 cm³/mol. The number of para-hydroxylation sites is 1. The van der Waals surface area contributed by atoms with Crippen LogP contribution in [-0.4, -0.2) is 41.6 Å². The van der Waals surface area contributed by atoms with E-state index in [9.17, 15) is 9.90 Å². The second-order valence-corrected chi connectivity index (χ2v) is 4.59. The fourth-order valence-electron chi connectivity index (χ4n) is 2.47. The van der Waals surface area contributed by atoms with E-state index in [4.69, 9.17) is 5.73 Å². The van der Waals surface area contributed by atoms with Crippen LogP contribution in [0, 0.1) is 0 Å². The van der Waals surface area contributed by atoms with Gasteiger partial charge in [-0.25, -0.2) is 0 Å². The van der Waals surface area contributed by atoms with Crippen LogP contribution in [0.3, 0.4) is 0 Å². The number of nitrogens with one attached hydrogen (secondary N) is 1. The first-order chi connectivity index (χ1) is 8.61. The molecule has 4 N–H and O–H groups in total. The summed E-state index contributed by atoms with van der Waals surface area (Å²) in [6.07, 6.45) is 0. The molecular weight excluding hydrogens is 230 g/mol. The lowest BCUT2D eigenvalue weighted by Crippen LogP contribution is -2.57. The number of benzene rings is 1. The Kier molecular flexibility index (Phi) is 3.84. The highest BCUT2D eigenvalue weighted by Crippen LogP contribution is 2.29. The SMILES string of the molecule is CC(c1ccccc1O)N1CCNCC1C(N)=O. The van der Waals surface area contributed by atoms with E-state index in [1.54, 1.807) is 12.1 Å². The van der Waals surface area contributed by atoms with Crippen LogP contribution < -0.4 is 11.1 Å². The van der Waals surface area contributed by atoms with E-state index in [1.165, 1.54) is 0 Å². The van der Waals surface area contributed by atoms with Crippen molar-refractivity contribution in [2.45, 2.75) is 19.0 Å². The normalized spacial score (nSPS) is 22.6. The standard InChI is InChI=1S/C13H19N3O2/c1-9(10-4-2-3-5-12(10)17)16-7-6-15-8-11(16)13(14)18/h2-5,9,11,15,17H,6-8H2,1H3,(H2,14,18). The van der Waals surface area contributed by atoms with Crippen molar-refractivity contribution in [1.29, 1.82) is 0 Å². The second kappa shape index (κ2) is 5.37. The van der Waals surface area contributed by atoms with Crippen LogP contribution in [0.2, 0.25) is 0 Å². The van der Waals surface area contributed by atoms with Crippen molar-refractivity contribution in [2.24, 2.45) is 5.73 Å². The minimum Gasteiger partial charge on any atom is -0.508 e. The number of nitrogens with two attached hydrogens (primary N) is 1. The Bertz CT molecular complexity index is 436. The van der Waals surface area contributed by atoms with Gasteiger partial charge in [0.05, 0.1) is 0 Å². The average molecular weight is 249 g/mol. The molecule has 1 aromatic carbocycles. The van der Waals surface area contributed by atoms with E-state index in [2.05, 4.69) is 5.32 Å². The molecule has 0 radical (unpaired) electrons. The molecule has 1 aliphatic heterocycles. The summed E-state index contributed by atoms with van der Waals surface area (Å²) < 4.78 is 0. The maximum atomic E-state index is 11.5. The number of hydrogen-bond donors (Lipinski definition) is 3. The van der Waals surface area contributed by atoms with Crippen molar-refractivity contribution >= 4 is 5.91 Å². The van der Waals surface area contributed by atoms with E-state index in [1.807, 2.05) is 24.0 Å². The van der Waals surface area contributed by atoms with Crippen molar-refractivity contribution < 1.29 is 9.90 Å². The Balaban J connectivity index is 2.23. The lowest BCUT2D eigenvalue weighted by atomic mass is 10.0. The van der Waals surface area contributed by atoms with Crippen LogP contribution in [0.4, 0.5) is 0 Å². The van der Waals surface area contributed by atoms with Gasteiger partial charge in [0.2, 0.25) is 5.91 Å². The summed E-state index contributed by atoms with van der Waals surface area (Å²) in [6.45, 7) is 4.11. The Morgan fingerprint density at radius 2 is 2.28 bits per heavy atom. The number of nitrogens with zero attached hydrogens (tertiary/aromatic N) is 1. The maximum absolute atomic E-state index is 11.5. The molecular formula is C13H19N3O2. The minimum absolute atomic E-state index is 0.0363. The summed E-state index contributed by atoms with van der Waals surface area (Å²) in [5.41, 5.74) is 6.25. The van der Waals surface area contributed by atoms with Crippen LogP contribution in [0.15, 0.2) is 24.3 Å². The Labute approximate surface area is 107 Å². The van der Waals surface area contributed by atoms with Gasteiger partial charge < -0.3 is 16.2 Å². The monoisotopic (exact) mass is 249 g/mol. The number of primary amides is 1. The molecule has 98 valence electrons. The third kappa shape index (κ3) is 2.47. The third-order valence-electron chi connectivity index (χ3n) is 3.50. The number of carbonyl (C=O) groups is 1. The van der Waals surface area contributed by atoms with Gasteiger partial charge >= 0.3 is 0 Å². The number of phenols is 1. The molecule has 0 aromatic heterocycles. The van der Waals surface area contributed by atoms with Crippen LogP contribution in [-0.2, 0) is 4.79 Å². The highest BCUT2D eigenvalue weighted by atomic mass is 16.3. The third-order valence-corrected chi connectivity index (χ3v) is 3.50. The molecule has 1 saturated heterocycles. The molecule has 1 fully saturated rings. The van der Waals surface area contributed by atoms with Gasteiger partial charge in [0.15, 0.2) is 0 Å². The van der Waals surface area contributed by atoms with Crippen molar-refractivity contribution in [2.75, 3.05) is 19.6 Å². The van der Waals surface area contributed by atoms with E-state index >= 15 is 0 Å². The van der Waals surface area contributed by atoms with Gasteiger partial charge in [0, 0.05) is 31.2 Å². The Hall–Kier alpha value is -1.59. The first kappa shape index (κ1) is 12.9. The number of aromatic hydroxyl groups is 1. The van der Waals surface area contributed by atoms with Gasteiger partial charge in [-0.3, -0.25) is 9.69 Å². The van der Waals surface area contributed by atoms with Crippen molar-refractivity contribution in [1.82, 2.24) is 10.2 Å². The van der Waals surface area contributed by atoms with Crippen molar-refractivity contribution in [3.8, 4) is 5.75 Å². The molecule has 1 aliphatic rings. The highest BCUT2D eigenvalue weighted by Gasteiger charge is 2.31. The lowest BCUT2D eigenvalue weighted by Gasteiger charge is -2.38. The van der Waals surface area contributed by atoms with E-state index in [0.29, 0.717) is 6.54 Å². The van der Waals surface area contributed by atoms with Gasteiger partial charge in [-0.2, -0.15) is 0 Å². The zero-order valence-electron chi connectivity index (χ0n) is 10.5. The van der Waals surface area contributed by atoms with Gasteiger partial charge in [-0.05, 0) is 13.0 Å². The fourth-order valence-corrected chi connectivity index (χ4v) is 2.47. The smallest absolute Gasteiger partial charge is 0.236 e. The first-order valence-electron chi connectivity index (χ1n) is 6.15. The van der Waals surface area contributed by atoms with Crippen molar-refractivity contribution in [3.05, 3.63) is 29.8 Å². The molecule has 2 unspecified atom stereocenters. The van der Waals surface area contributed by atoms with Crippen molar-refractivity contribution in [3.63, 3.8) is 0 Å². The molecule has 5 nitrogen and oxygen atoms in total. The molecule has 1 aromatic rings. The summed E-state index contributed by atoms with van der Waals surface area (Å²) in [5.74, 6) is -0.0729. The summed E-state index contributed by atoms with van der Waals surface area (Å²) in [4.78, 5) is 13.5. The molecule has 0 bridgehead atoms. The molecule has 18 heavy (non-hydrogen) atoms. The minimum atomic E-state index is -0.329. The van der Waals surface area contributed by atoms with Gasteiger partial charge in [0.1, 0.15) is 11.8 Å². The average Bonchev–Trinajstić information content (AvgIpc) is 2.38. The first-order valence-corrected chi connectivity index (χ1v) is 6.15. The molecule has 1 heterocycles. The largest absolute Gasteiger partial charge is 0.508 e. The van der Waals surface area contributed by atoms with E-state index in [0.717, 1.165) is 18.7 Å². The zero-order valence-corrected chi connectivity index (χ0v) is 10.5. The van der Waals surface area contributed by atoms with Crippen LogP contribution in [0.25, 0.3) is 0 Å². The number of piperazine rings is 1. The summed E-state index contributed by atoms with van der Waals surface area (Å²) in [7, 11) is 0. The van der Waals surface area contributed by atoms with E-state index < -0.39 is 0 Å². The second-order valence-electron chi connectivity index (χ2n) is 4.59. The Morgan fingerprint density at radius 3 is 2.94 bits per heavy atom. The molecule has 1 amide bonds. The van der Waals surface area contributed by atoms with Gasteiger partial charge in [0.25, 0.3) is 0 Å². The summed E-state index contributed by atoms with van der Waals surface area (Å²) in [5, 5.41) is 13.0. The predicted octanol–water partition coefficient (Wildman–Crippen LogP) is 0.212. The molecule has 2 rings (SSSR count). The molecule has 5 heteroatoms. The zero-order chi connectivity index (χ0) is 13.1. The van der Waals surface area contributed by atoms with Crippen LogP contribution in [0.5, 0.6) is 5.75 Å². The number of hydrogen-bond acceptors (Lipinski definition) is 4. The van der Waals surface area contributed by atoms with Gasteiger partial charge in [-0.1, -0.05) is 18.2 Å². The summed E-state index contributed by atoms with van der Waals surface area (Å²) in [6, 6.07) is 6.84. The number of carbonyl (C=O) groups excluding carboxylic acids is 1. The molecule has 0 saturated carbocycles. The Morgan fingerprint density at radius 1 is 1.56 bits per heavy atom. The fraction of sp³-hybridized carbons (Fsp3) is 0.462. The number of amides is 1. The topological polar surface area (TPSA) is 78.6 Å². The highest BCUT2D eigenvalue weighted by molar-refractivity contribution is 5.80. The number of rotatable bonds is 3. The molecule has 0 spiro atoms.